The van der Waals surface area contributed by atoms with Gasteiger partial charge in [0, 0.05) is 6.04 Å². The second-order valence-corrected chi connectivity index (χ2v) is 4.22. The SMILES string of the molecule is CC(C)(C)C(N)C1=CC=CC1. The molecule has 1 rings (SSSR count). The number of nitrogens with two attached hydrogens (primary N) is 1. The molecule has 1 aliphatic carbocycles. The van der Waals surface area contributed by atoms with E-state index in [0.29, 0.717) is 0 Å². The zero-order chi connectivity index (χ0) is 8.48. The Morgan fingerprint density at radius 3 is 2.45 bits per heavy atom. The Morgan fingerprint density at radius 1 is 1.45 bits per heavy atom. The largest absolute Gasteiger partial charge is 0.324 e. The maximum absolute atomic E-state index is 6.05. The first-order valence-electron chi connectivity index (χ1n) is 4.13. The highest BCUT2D eigenvalue weighted by Crippen LogP contribution is 2.26. The van der Waals surface area contributed by atoms with E-state index < -0.39 is 0 Å². The topological polar surface area (TPSA) is 26.0 Å². The lowest BCUT2D eigenvalue weighted by Gasteiger charge is -2.28. The summed E-state index contributed by atoms with van der Waals surface area (Å²) in [5, 5.41) is 0. The molecule has 11 heavy (non-hydrogen) atoms. The second-order valence-electron chi connectivity index (χ2n) is 4.22. The summed E-state index contributed by atoms with van der Waals surface area (Å²) in [4.78, 5) is 0. The predicted octanol–water partition coefficient (Wildman–Crippen LogP) is 2.25. The van der Waals surface area contributed by atoms with E-state index >= 15 is 0 Å². The molecule has 0 aliphatic heterocycles. The third-order valence-corrected chi connectivity index (χ3v) is 2.13. The standard InChI is InChI=1S/C10H17N/c1-10(2,3)9(11)8-6-4-5-7-8/h4-6,9H,7,11H2,1-3H3. The van der Waals surface area contributed by atoms with Crippen LogP contribution in [0.5, 0.6) is 0 Å². The molecule has 0 radical (unpaired) electrons. The minimum atomic E-state index is 0.192. The van der Waals surface area contributed by atoms with E-state index in [1.54, 1.807) is 0 Å². The average Bonchev–Trinajstić information content (AvgIpc) is 2.34. The third-order valence-electron chi connectivity index (χ3n) is 2.13. The molecule has 0 aromatic heterocycles. The first-order chi connectivity index (χ1) is 5.02. The molecule has 0 aromatic rings. The summed E-state index contributed by atoms with van der Waals surface area (Å²) in [6.07, 6.45) is 7.41. The van der Waals surface area contributed by atoms with Gasteiger partial charge >= 0.3 is 0 Å². The van der Waals surface area contributed by atoms with E-state index in [-0.39, 0.29) is 11.5 Å². The Labute approximate surface area is 69.0 Å². The molecule has 62 valence electrons. The summed E-state index contributed by atoms with van der Waals surface area (Å²) in [6, 6.07) is 0.206. The number of allylic oxidation sites excluding steroid dienone is 3. The van der Waals surface area contributed by atoms with Crippen molar-refractivity contribution in [1.29, 1.82) is 0 Å². The van der Waals surface area contributed by atoms with Gasteiger partial charge in [0.15, 0.2) is 0 Å². The first-order valence-corrected chi connectivity index (χ1v) is 4.13. The molecule has 2 N–H and O–H groups in total. The van der Waals surface area contributed by atoms with Gasteiger partial charge in [0.25, 0.3) is 0 Å². The van der Waals surface area contributed by atoms with Crippen LogP contribution in [0.1, 0.15) is 27.2 Å². The number of rotatable bonds is 1. The van der Waals surface area contributed by atoms with Crippen molar-refractivity contribution < 1.29 is 0 Å². The van der Waals surface area contributed by atoms with Crippen LogP contribution in [0.25, 0.3) is 0 Å². The van der Waals surface area contributed by atoms with Crippen LogP contribution >= 0.6 is 0 Å². The van der Waals surface area contributed by atoms with Crippen LogP contribution in [0.15, 0.2) is 23.8 Å². The molecule has 1 atom stereocenters. The lowest BCUT2D eigenvalue weighted by Crippen LogP contribution is -2.36. The van der Waals surface area contributed by atoms with E-state index in [1.807, 2.05) is 0 Å². The van der Waals surface area contributed by atoms with Gasteiger partial charge in [-0.15, -0.1) is 0 Å². The van der Waals surface area contributed by atoms with Crippen molar-refractivity contribution in [3.63, 3.8) is 0 Å². The number of hydrogen-bond donors (Lipinski definition) is 1. The first kappa shape index (κ1) is 8.54. The Balaban J connectivity index is 2.62. The van der Waals surface area contributed by atoms with Gasteiger partial charge in [-0.25, -0.2) is 0 Å². The Morgan fingerprint density at radius 2 is 2.09 bits per heavy atom. The van der Waals surface area contributed by atoms with Crippen molar-refractivity contribution in [2.45, 2.75) is 33.2 Å². The maximum Gasteiger partial charge on any atom is 0.0309 e. The monoisotopic (exact) mass is 151 g/mol. The molecule has 1 aliphatic rings. The Kier molecular flexibility index (Phi) is 2.19. The Bertz CT molecular complexity index is 193. The molecule has 0 heterocycles. The zero-order valence-corrected chi connectivity index (χ0v) is 7.59. The fourth-order valence-electron chi connectivity index (χ4n) is 1.25. The molecule has 1 nitrogen and oxygen atoms in total. The van der Waals surface area contributed by atoms with E-state index in [1.165, 1.54) is 5.57 Å². The lowest BCUT2D eigenvalue weighted by atomic mass is 9.82. The van der Waals surface area contributed by atoms with E-state index in [2.05, 4.69) is 39.0 Å². The van der Waals surface area contributed by atoms with Gasteiger partial charge in [-0.05, 0) is 17.4 Å². The number of hydrogen-bond acceptors (Lipinski definition) is 1. The van der Waals surface area contributed by atoms with Crippen molar-refractivity contribution in [3.05, 3.63) is 23.8 Å². The van der Waals surface area contributed by atoms with Gasteiger partial charge in [0.1, 0.15) is 0 Å². The van der Waals surface area contributed by atoms with Gasteiger partial charge in [-0.3, -0.25) is 0 Å². The summed E-state index contributed by atoms with van der Waals surface area (Å²) >= 11 is 0. The molecule has 0 saturated heterocycles. The van der Waals surface area contributed by atoms with Crippen LogP contribution in [-0.4, -0.2) is 6.04 Å². The average molecular weight is 151 g/mol. The van der Waals surface area contributed by atoms with Crippen LogP contribution in [0, 0.1) is 5.41 Å². The molecular formula is C10H17N. The summed E-state index contributed by atoms with van der Waals surface area (Å²) in [5.41, 5.74) is 7.60. The molecule has 0 bridgehead atoms. The van der Waals surface area contributed by atoms with Gasteiger partial charge in [0.05, 0.1) is 0 Å². The third kappa shape index (κ3) is 1.93. The highest BCUT2D eigenvalue weighted by Gasteiger charge is 2.23. The fraction of sp³-hybridized carbons (Fsp3) is 0.600. The minimum Gasteiger partial charge on any atom is -0.324 e. The molecule has 1 unspecified atom stereocenters. The van der Waals surface area contributed by atoms with Crippen molar-refractivity contribution >= 4 is 0 Å². The van der Waals surface area contributed by atoms with Crippen molar-refractivity contribution in [2.75, 3.05) is 0 Å². The van der Waals surface area contributed by atoms with Gasteiger partial charge in [-0.2, -0.15) is 0 Å². The minimum absolute atomic E-state index is 0.192. The highest BCUT2D eigenvalue weighted by atomic mass is 14.7. The van der Waals surface area contributed by atoms with Crippen molar-refractivity contribution in [3.8, 4) is 0 Å². The molecule has 0 aromatic carbocycles. The van der Waals surface area contributed by atoms with Gasteiger partial charge < -0.3 is 5.73 Å². The predicted molar refractivity (Wildman–Crippen MR) is 49.3 cm³/mol. The van der Waals surface area contributed by atoms with E-state index in [4.69, 9.17) is 5.73 Å². The summed E-state index contributed by atoms with van der Waals surface area (Å²) < 4.78 is 0. The zero-order valence-electron chi connectivity index (χ0n) is 7.59. The van der Waals surface area contributed by atoms with Crippen molar-refractivity contribution in [2.24, 2.45) is 11.1 Å². The molecular weight excluding hydrogens is 134 g/mol. The van der Waals surface area contributed by atoms with Crippen molar-refractivity contribution in [1.82, 2.24) is 0 Å². The van der Waals surface area contributed by atoms with E-state index in [9.17, 15) is 0 Å². The summed E-state index contributed by atoms with van der Waals surface area (Å²) in [5.74, 6) is 0. The quantitative estimate of drug-likeness (QED) is 0.611. The van der Waals surface area contributed by atoms with Gasteiger partial charge in [-0.1, -0.05) is 39.0 Å². The molecule has 0 saturated carbocycles. The molecule has 0 fully saturated rings. The van der Waals surface area contributed by atoms with Crippen LogP contribution in [0.3, 0.4) is 0 Å². The fourth-order valence-corrected chi connectivity index (χ4v) is 1.25. The van der Waals surface area contributed by atoms with Crippen LogP contribution in [-0.2, 0) is 0 Å². The smallest absolute Gasteiger partial charge is 0.0309 e. The highest BCUT2D eigenvalue weighted by molar-refractivity contribution is 5.28. The normalized spacial score (nSPS) is 20.2. The van der Waals surface area contributed by atoms with Crippen LogP contribution < -0.4 is 5.73 Å². The second kappa shape index (κ2) is 2.82. The molecule has 1 heteroatoms. The summed E-state index contributed by atoms with van der Waals surface area (Å²) in [6.45, 7) is 6.53. The van der Waals surface area contributed by atoms with Gasteiger partial charge in [0.2, 0.25) is 0 Å². The van der Waals surface area contributed by atoms with E-state index in [0.717, 1.165) is 6.42 Å². The van der Waals surface area contributed by atoms with Crippen LogP contribution in [0.2, 0.25) is 0 Å². The summed E-state index contributed by atoms with van der Waals surface area (Å²) in [7, 11) is 0. The maximum atomic E-state index is 6.05. The molecule has 0 amide bonds. The Hall–Kier alpha value is -0.560. The van der Waals surface area contributed by atoms with Crippen LogP contribution in [0.4, 0.5) is 0 Å². The lowest BCUT2D eigenvalue weighted by molar-refractivity contribution is 0.352. The molecule has 0 spiro atoms.